The Morgan fingerprint density at radius 2 is 1.86 bits per heavy atom. The molecule has 0 heterocycles. The van der Waals surface area contributed by atoms with Gasteiger partial charge in [0.1, 0.15) is 19.2 Å². The number of hydrogen-bond donors (Lipinski definition) is 2. The number of aliphatic hydroxyl groups excluding tert-OH is 2. The van der Waals surface area contributed by atoms with Gasteiger partial charge in [0, 0.05) is 0 Å². The van der Waals surface area contributed by atoms with Crippen molar-refractivity contribution in [2.45, 2.75) is 19.4 Å². The summed E-state index contributed by atoms with van der Waals surface area (Å²) in [5.74, 6) is -2.21. The summed E-state index contributed by atoms with van der Waals surface area (Å²) in [6.07, 6.45) is -0.955. The van der Waals surface area contributed by atoms with Crippen LogP contribution in [0.1, 0.15) is 13.3 Å². The first-order valence-electron chi connectivity index (χ1n) is 6.60. The molecule has 0 fully saturated rings. The minimum atomic E-state index is -1.42. The summed E-state index contributed by atoms with van der Waals surface area (Å²) in [6, 6.07) is 0. The van der Waals surface area contributed by atoms with Crippen molar-refractivity contribution < 1.29 is 38.9 Å². The first-order chi connectivity index (χ1) is 9.64. The van der Waals surface area contributed by atoms with E-state index in [9.17, 15) is 19.8 Å². The number of likely N-dealkylation sites (N-methyl/N-ethyl adjacent to an activating group) is 1. The maximum atomic E-state index is 9.98. The van der Waals surface area contributed by atoms with Gasteiger partial charge in [0.2, 0.25) is 0 Å². The zero-order chi connectivity index (χ0) is 16.9. The Morgan fingerprint density at radius 3 is 2.19 bits per heavy atom. The maximum Gasteiger partial charge on any atom is 0.311 e. The minimum absolute atomic E-state index is 0.0732. The molecule has 21 heavy (non-hydrogen) atoms. The Labute approximate surface area is 125 Å². The summed E-state index contributed by atoms with van der Waals surface area (Å²) < 4.78 is 9.89. The van der Waals surface area contributed by atoms with Gasteiger partial charge in [-0.05, 0) is 6.92 Å². The molecule has 2 N–H and O–H groups in total. The topological polar surface area (TPSA) is 116 Å². The summed E-state index contributed by atoms with van der Waals surface area (Å²) in [4.78, 5) is 19.5. The lowest BCUT2D eigenvalue weighted by atomic mass is 10.3. The van der Waals surface area contributed by atoms with Crippen LogP contribution in [-0.2, 0) is 19.1 Å². The van der Waals surface area contributed by atoms with Gasteiger partial charge in [-0.2, -0.15) is 0 Å². The van der Waals surface area contributed by atoms with Crippen molar-refractivity contribution in [3.8, 4) is 0 Å². The highest BCUT2D eigenvalue weighted by atomic mass is 16.5. The second-order valence-electron chi connectivity index (χ2n) is 5.15. The van der Waals surface area contributed by atoms with Gasteiger partial charge in [0.25, 0.3) is 0 Å². The number of aliphatic hydroxyl groups is 2. The summed E-state index contributed by atoms with van der Waals surface area (Å²) >= 11 is 0. The summed E-state index contributed by atoms with van der Waals surface area (Å²) in [5, 5.41) is 27.2. The van der Waals surface area contributed by atoms with Crippen molar-refractivity contribution in [1.82, 2.24) is 0 Å². The van der Waals surface area contributed by atoms with E-state index in [0.29, 0.717) is 13.2 Å². The molecule has 0 aromatic carbocycles. The fraction of sp³-hybridized carbons (Fsp3) is 0.846. The smallest absolute Gasteiger partial charge is 0.311 e. The predicted octanol–water partition coefficient (Wildman–Crippen LogP) is -2.25. The monoisotopic (exact) mass is 309 g/mol. The minimum Gasteiger partial charge on any atom is -0.550 e. The number of aliphatic carboxylic acids is 1. The number of quaternary nitrogens is 1. The number of nitrogens with zero attached hydrogens (tertiary/aromatic N) is 1. The molecule has 0 saturated heterocycles. The SMILES string of the molecule is CC(O)C[N+](C)(C)CCOCCO.COC(=O)CC(=O)[O-]. The van der Waals surface area contributed by atoms with Crippen LogP contribution in [0.25, 0.3) is 0 Å². The molecule has 0 aromatic rings. The predicted molar refractivity (Wildman–Crippen MR) is 73.1 cm³/mol. The molecule has 126 valence electrons. The first kappa shape index (κ1) is 22.1. The molecule has 0 rings (SSSR count). The van der Waals surface area contributed by atoms with E-state index in [4.69, 9.17) is 9.84 Å². The Balaban J connectivity index is 0. The molecular weight excluding hydrogens is 282 g/mol. The largest absolute Gasteiger partial charge is 0.550 e. The van der Waals surface area contributed by atoms with Gasteiger partial charge in [-0.1, -0.05) is 0 Å². The van der Waals surface area contributed by atoms with Crippen molar-refractivity contribution in [3.63, 3.8) is 0 Å². The Bertz CT molecular complexity index is 292. The van der Waals surface area contributed by atoms with Crippen LogP contribution in [0.5, 0.6) is 0 Å². The van der Waals surface area contributed by atoms with Gasteiger partial charge in [0.15, 0.2) is 0 Å². The summed E-state index contributed by atoms with van der Waals surface area (Å²) in [7, 11) is 5.22. The van der Waals surface area contributed by atoms with Crippen LogP contribution in [0, 0.1) is 0 Å². The number of carboxylic acid groups (broad SMARTS) is 1. The highest BCUT2D eigenvalue weighted by Crippen LogP contribution is 1.99. The van der Waals surface area contributed by atoms with Crippen molar-refractivity contribution >= 4 is 11.9 Å². The average Bonchev–Trinajstić information content (AvgIpc) is 2.33. The van der Waals surface area contributed by atoms with E-state index in [1.165, 1.54) is 0 Å². The molecule has 0 aliphatic rings. The van der Waals surface area contributed by atoms with Crippen LogP contribution in [0.2, 0.25) is 0 Å². The highest BCUT2D eigenvalue weighted by molar-refractivity contribution is 5.88. The Hall–Kier alpha value is -1.22. The number of rotatable bonds is 9. The first-order valence-corrected chi connectivity index (χ1v) is 6.60. The number of methoxy groups -OCH3 is 1. The molecule has 0 amide bonds. The number of carboxylic acids is 1. The number of esters is 1. The average molecular weight is 309 g/mol. The molecule has 0 saturated carbocycles. The van der Waals surface area contributed by atoms with Crippen LogP contribution in [0.3, 0.4) is 0 Å². The van der Waals surface area contributed by atoms with E-state index >= 15 is 0 Å². The fourth-order valence-electron chi connectivity index (χ4n) is 1.47. The molecule has 8 heteroatoms. The van der Waals surface area contributed by atoms with E-state index in [2.05, 4.69) is 18.8 Å². The summed E-state index contributed by atoms with van der Waals surface area (Å²) in [6.45, 7) is 4.46. The molecule has 0 radical (unpaired) electrons. The molecule has 0 aliphatic carbocycles. The lowest BCUT2D eigenvalue weighted by Gasteiger charge is -2.30. The van der Waals surface area contributed by atoms with Gasteiger partial charge in [-0.15, -0.1) is 0 Å². The van der Waals surface area contributed by atoms with Gasteiger partial charge >= 0.3 is 5.97 Å². The van der Waals surface area contributed by atoms with Crippen molar-refractivity contribution in [2.24, 2.45) is 0 Å². The Morgan fingerprint density at radius 1 is 1.29 bits per heavy atom. The van der Waals surface area contributed by atoms with E-state index < -0.39 is 18.4 Å². The van der Waals surface area contributed by atoms with Crippen LogP contribution in [-0.4, -0.2) is 86.9 Å². The number of ether oxygens (including phenoxy) is 2. The number of hydrogen-bond acceptors (Lipinski definition) is 7. The van der Waals surface area contributed by atoms with Crippen LogP contribution in [0.15, 0.2) is 0 Å². The number of carbonyl (C=O) groups is 2. The number of carbonyl (C=O) groups excluding carboxylic acids is 2. The third-order valence-corrected chi connectivity index (χ3v) is 2.35. The molecular formula is C13H27NO7. The maximum absolute atomic E-state index is 9.98. The van der Waals surface area contributed by atoms with Crippen LogP contribution >= 0.6 is 0 Å². The van der Waals surface area contributed by atoms with Crippen molar-refractivity contribution in [1.29, 1.82) is 0 Å². The fourth-order valence-corrected chi connectivity index (χ4v) is 1.47. The lowest BCUT2D eigenvalue weighted by molar-refractivity contribution is -0.893. The third kappa shape index (κ3) is 18.8. The van der Waals surface area contributed by atoms with Gasteiger partial charge in [-0.3, -0.25) is 4.79 Å². The zero-order valence-electron chi connectivity index (χ0n) is 13.2. The molecule has 0 aliphatic heterocycles. The highest BCUT2D eigenvalue weighted by Gasteiger charge is 2.17. The lowest BCUT2D eigenvalue weighted by Crippen LogP contribution is -2.46. The molecule has 1 atom stereocenters. The second-order valence-corrected chi connectivity index (χ2v) is 5.15. The normalized spacial score (nSPS) is 12.1. The second kappa shape index (κ2) is 12.5. The Kier molecular flexibility index (Phi) is 13.2. The summed E-state index contributed by atoms with van der Waals surface area (Å²) in [5.41, 5.74) is 0. The van der Waals surface area contributed by atoms with Crippen LogP contribution < -0.4 is 5.11 Å². The van der Waals surface area contributed by atoms with E-state index in [0.717, 1.165) is 24.7 Å². The third-order valence-electron chi connectivity index (χ3n) is 2.35. The van der Waals surface area contributed by atoms with Gasteiger partial charge < -0.3 is 34.1 Å². The molecule has 8 nitrogen and oxygen atoms in total. The quantitative estimate of drug-likeness (QED) is 0.214. The molecule has 0 bridgehead atoms. The zero-order valence-corrected chi connectivity index (χ0v) is 13.2. The van der Waals surface area contributed by atoms with Gasteiger partial charge in [-0.25, -0.2) is 0 Å². The van der Waals surface area contributed by atoms with Gasteiger partial charge in [0.05, 0.1) is 53.4 Å². The standard InChI is InChI=1S/C9H22NO3.C4H6O4/c1-9(12)8-10(2,3)4-6-13-7-5-11;1-8-4(7)2-3(5)6/h9,11-12H,4-8H2,1-3H3;2H2,1H3,(H,5,6)/q+1;/p-1. The van der Waals surface area contributed by atoms with E-state index in [-0.39, 0.29) is 12.7 Å². The van der Waals surface area contributed by atoms with E-state index in [1.54, 1.807) is 6.92 Å². The molecule has 0 aromatic heterocycles. The van der Waals surface area contributed by atoms with Crippen molar-refractivity contribution in [3.05, 3.63) is 0 Å². The van der Waals surface area contributed by atoms with E-state index in [1.807, 2.05) is 0 Å². The van der Waals surface area contributed by atoms with Crippen LogP contribution in [0.4, 0.5) is 0 Å². The van der Waals surface area contributed by atoms with Crippen molar-refractivity contribution in [2.75, 3.05) is 54.1 Å². The molecule has 1 unspecified atom stereocenters. The molecule has 0 spiro atoms.